The van der Waals surface area contributed by atoms with Crippen LogP contribution in [-0.4, -0.2) is 19.6 Å². The van der Waals surface area contributed by atoms with Crippen LogP contribution in [0.1, 0.15) is 28.8 Å². The Morgan fingerprint density at radius 3 is 2.43 bits per heavy atom. The summed E-state index contributed by atoms with van der Waals surface area (Å²) in [5.74, 6) is 0.890. The van der Waals surface area contributed by atoms with E-state index in [2.05, 4.69) is 11.4 Å². The van der Waals surface area contributed by atoms with Crippen molar-refractivity contribution in [2.24, 2.45) is 0 Å². The molecule has 0 saturated heterocycles. The lowest BCUT2D eigenvalue weighted by molar-refractivity contribution is 0.0949. The Morgan fingerprint density at radius 2 is 1.76 bits per heavy atom. The minimum Gasteiger partial charge on any atom is -0.496 e. The van der Waals surface area contributed by atoms with Gasteiger partial charge in [0.05, 0.1) is 7.11 Å². The van der Waals surface area contributed by atoms with Crippen molar-refractivity contribution in [2.75, 3.05) is 13.7 Å². The number of nitrogens with one attached hydrogen (secondary N) is 1. The van der Waals surface area contributed by atoms with Crippen LogP contribution in [0.15, 0.2) is 54.6 Å². The lowest BCUT2D eigenvalue weighted by Gasteiger charge is -2.19. The van der Waals surface area contributed by atoms with E-state index < -0.39 is 0 Å². The van der Waals surface area contributed by atoms with Crippen LogP contribution >= 0.6 is 0 Å². The van der Waals surface area contributed by atoms with Gasteiger partial charge in [0.15, 0.2) is 0 Å². The van der Waals surface area contributed by atoms with Crippen LogP contribution in [-0.2, 0) is 5.41 Å². The predicted octanol–water partition coefficient (Wildman–Crippen LogP) is 3.16. The van der Waals surface area contributed by atoms with Gasteiger partial charge in [-0.25, -0.2) is 0 Å². The standard InChI is InChI=1S/C18H19NO2/c1-21-16-10-6-5-9-15(16)18(11-12-18)13-19-17(20)14-7-3-2-4-8-14/h2-10H,11-13H2,1H3,(H,19,20). The average Bonchev–Trinajstić information content (AvgIpc) is 3.34. The summed E-state index contributed by atoms with van der Waals surface area (Å²) in [7, 11) is 1.69. The Labute approximate surface area is 124 Å². The molecule has 1 aliphatic rings. The van der Waals surface area contributed by atoms with Crippen LogP contribution in [0.2, 0.25) is 0 Å². The minimum absolute atomic E-state index is 0.0169. The molecule has 0 aromatic heterocycles. The molecule has 0 unspecified atom stereocenters. The number of rotatable bonds is 5. The van der Waals surface area contributed by atoms with E-state index >= 15 is 0 Å². The molecule has 2 aromatic rings. The number of para-hydroxylation sites is 1. The first kappa shape index (κ1) is 13.7. The van der Waals surface area contributed by atoms with Gasteiger partial charge in [0.1, 0.15) is 5.75 Å². The van der Waals surface area contributed by atoms with Gasteiger partial charge in [0.25, 0.3) is 5.91 Å². The smallest absolute Gasteiger partial charge is 0.251 e. The first-order valence-corrected chi connectivity index (χ1v) is 7.22. The molecule has 2 aromatic carbocycles. The summed E-state index contributed by atoms with van der Waals surface area (Å²) >= 11 is 0. The summed E-state index contributed by atoms with van der Waals surface area (Å²) < 4.78 is 5.45. The molecule has 3 nitrogen and oxygen atoms in total. The van der Waals surface area contributed by atoms with Crippen LogP contribution in [0.25, 0.3) is 0 Å². The fraction of sp³-hybridized carbons (Fsp3) is 0.278. The second kappa shape index (κ2) is 5.60. The van der Waals surface area contributed by atoms with Crippen molar-refractivity contribution in [1.29, 1.82) is 0 Å². The van der Waals surface area contributed by atoms with Crippen LogP contribution < -0.4 is 10.1 Å². The summed E-state index contributed by atoms with van der Waals surface area (Å²) in [5.41, 5.74) is 1.94. The van der Waals surface area contributed by atoms with Gasteiger partial charge in [0, 0.05) is 23.1 Å². The third-order valence-electron chi connectivity index (χ3n) is 4.16. The van der Waals surface area contributed by atoms with Gasteiger partial charge in [-0.3, -0.25) is 4.79 Å². The number of hydrogen-bond donors (Lipinski definition) is 1. The van der Waals surface area contributed by atoms with E-state index in [0.717, 1.165) is 18.6 Å². The zero-order valence-corrected chi connectivity index (χ0v) is 12.1. The first-order chi connectivity index (χ1) is 10.2. The summed E-state index contributed by atoms with van der Waals surface area (Å²) in [6.45, 7) is 0.654. The molecule has 1 amide bonds. The molecule has 0 heterocycles. The van der Waals surface area contributed by atoms with E-state index in [1.165, 1.54) is 5.56 Å². The maximum Gasteiger partial charge on any atom is 0.251 e. The first-order valence-electron chi connectivity index (χ1n) is 7.22. The van der Waals surface area contributed by atoms with Gasteiger partial charge in [0.2, 0.25) is 0 Å². The molecule has 0 radical (unpaired) electrons. The second-order valence-electron chi connectivity index (χ2n) is 5.53. The molecule has 3 rings (SSSR count). The van der Waals surface area contributed by atoms with Gasteiger partial charge in [-0.2, -0.15) is 0 Å². The zero-order chi connectivity index (χ0) is 14.7. The second-order valence-corrected chi connectivity index (χ2v) is 5.53. The van der Waals surface area contributed by atoms with Gasteiger partial charge < -0.3 is 10.1 Å². The molecular formula is C18H19NO2. The molecule has 1 aliphatic carbocycles. The molecule has 0 aliphatic heterocycles. The Morgan fingerprint density at radius 1 is 1.10 bits per heavy atom. The Bertz CT molecular complexity index is 633. The normalized spacial score (nSPS) is 15.3. The summed E-state index contributed by atoms with van der Waals surface area (Å²) in [6, 6.07) is 17.4. The van der Waals surface area contributed by atoms with Crippen molar-refractivity contribution in [2.45, 2.75) is 18.3 Å². The van der Waals surface area contributed by atoms with Crippen molar-refractivity contribution in [3.8, 4) is 5.75 Å². The Hall–Kier alpha value is -2.29. The molecule has 108 valence electrons. The zero-order valence-electron chi connectivity index (χ0n) is 12.1. The van der Waals surface area contributed by atoms with Crippen molar-refractivity contribution < 1.29 is 9.53 Å². The van der Waals surface area contributed by atoms with Crippen LogP contribution in [0, 0.1) is 0 Å². The van der Waals surface area contributed by atoms with Crippen LogP contribution in [0.4, 0.5) is 0 Å². The third kappa shape index (κ3) is 2.77. The molecule has 1 saturated carbocycles. The van der Waals surface area contributed by atoms with Crippen molar-refractivity contribution in [3.63, 3.8) is 0 Å². The highest BCUT2D eigenvalue weighted by atomic mass is 16.5. The number of carbonyl (C=O) groups excluding carboxylic acids is 1. The van der Waals surface area contributed by atoms with Gasteiger partial charge >= 0.3 is 0 Å². The maximum absolute atomic E-state index is 12.2. The minimum atomic E-state index is -0.0169. The van der Waals surface area contributed by atoms with Crippen molar-refractivity contribution in [1.82, 2.24) is 5.32 Å². The Kier molecular flexibility index (Phi) is 3.65. The fourth-order valence-electron chi connectivity index (χ4n) is 2.72. The van der Waals surface area contributed by atoms with Gasteiger partial charge in [-0.1, -0.05) is 36.4 Å². The molecule has 21 heavy (non-hydrogen) atoms. The van der Waals surface area contributed by atoms with E-state index in [0.29, 0.717) is 12.1 Å². The van der Waals surface area contributed by atoms with Crippen molar-refractivity contribution in [3.05, 3.63) is 65.7 Å². The third-order valence-corrected chi connectivity index (χ3v) is 4.16. The fourth-order valence-corrected chi connectivity index (χ4v) is 2.72. The monoisotopic (exact) mass is 281 g/mol. The molecule has 0 bridgehead atoms. The lowest BCUT2D eigenvalue weighted by Crippen LogP contribution is -2.32. The molecule has 3 heteroatoms. The quantitative estimate of drug-likeness (QED) is 0.914. The predicted molar refractivity (Wildman–Crippen MR) is 82.7 cm³/mol. The summed E-state index contributed by atoms with van der Waals surface area (Å²) in [4.78, 5) is 12.2. The highest BCUT2D eigenvalue weighted by Gasteiger charge is 2.46. The van der Waals surface area contributed by atoms with E-state index in [4.69, 9.17) is 4.74 Å². The SMILES string of the molecule is COc1ccccc1C1(CNC(=O)c2ccccc2)CC1. The maximum atomic E-state index is 12.2. The largest absolute Gasteiger partial charge is 0.496 e. The van der Waals surface area contributed by atoms with Gasteiger partial charge in [-0.05, 0) is 31.0 Å². The number of ether oxygens (including phenoxy) is 1. The van der Waals surface area contributed by atoms with Gasteiger partial charge in [-0.15, -0.1) is 0 Å². The molecular weight excluding hydrogens is 262 g/mol. The summed E-state index contributed by atoms with van der Waals surface area (Å²) in [5, 5.41) is 3.06. The number of benzene rings is 2. The highest BCUT2D eigenvalue weighted by molar-refractivity contribution is 5.94. The molecule has 1 N–H and O–H groups in total. The topological polar surface area (TPSA) is 38.3 Å². The van der Waals surface area contributed by atoms with E-state index in [9.17, 15) is 4.79 Å². The van der Waals surface area contributed by atoms with Crippen molar-refractivity contribution >= 4 is 5.91 Å². The van der Waals surface area contributed by atoms with E-state index in [-0.39, 0.29) is 11.3 Å². The number of methoxy groups -OCH3 is 1. The molecule has 0 spiro atoms. The number of carbonyl (C=O) groups is 1. The average molecular weight is 281 g/mol. The van der Waals surface area contributed by atoms with E-state index in [1.54, 1.807) is 7.11 Å². The lowest BCUT2D eigenvalue weighted by atomic mass is 9.94. The van der Waals surface area contributed by atoms with E-state index in [1.807, 2.05) is 48.5 Å². The van der Waals surface area contributed by atoms with Crippen LogP contribution in [0.3, 0.4) is 0 Å². The Balaban J connectivity index is 1.72. The van der Waals surface area contributed by atoms with Crippen LogP contribution in [0.5, 0.6) is 5.75 Å². The highest BCUT2D eigenvalue weighted by Crippen LogP contribution is 2.50. The molecule has 1 fully saturated rings. The summed E-state index contributed by atoms with van der Waals surface area (Å²) in [6.07, 6.45) is 2.17. The number of amides is 1. The number of hydrogen-bond acceptors (Lipinski definition) is 2. The molecule has 0 atom stereocenters.